The number of alkyl halides is 1. The maximum Gasteiger partial charge on any atom is 0.146 e. The van der Waals surface area contributed by atoms with Gasteiger partial charge < -0.3 is 11.1 Å². The van der Waals surface area contributed by atoms with Gasteiger partial charge >= 0.3 is 0 Å². The van der Waals surface area contributed by atoms with Crippen LogP contribution in [-0.4, -0.2) is 18.2 Å². The predicted octanol–water partition coefficient (Wildman–Crippen LogP) is 1.84. The molecule has 0 radical (unpaired) electrons. The van der Waals surface area contributed by atoms with Crippen LogP contribution in [0.15, 0.2) is 18.2 Å². The van der Waals surface area contributed by atoms with E-state index in [1.807, 2.05) is 0 Å². The highest BCUT2D eigenvalue weighted by molar-refractivity contribution is 7.80. The average Bonchev–Trinajstić information content (AvgIpc) is 2.15. The molecule has 5 heteroatoms. The fraction of sp³-hybridized carbons (Fsp3) is 0.222. The molecule has 0 fully saturated rings. The fourth-order valence-electron chi connectivity index (χ4n) is 0.994. The van der Waals surface area contributed by atoms with E-state index >= 15 is 0 Å². The van der Waals surface area contributed by atoms with E-state index in [2.05, 4.69) is 17.5 Å². The Morgan fingerprint density at radius 2 is 2.21 bits per heavy atom. The molecule has 3 N–H and O–H groups in total. The molecule has 0 aliphatic carbocycles. The second-order valence-corrected chi connectivity index (χ2v) is 3.11. The van der Waals surface area contributed by atoms with E-state index in [1.165, 1.54) is 12.1 Å². The Bertz CT molecular complexity index is 342. The number of nitrogens with one attached hydrogen (secondary N) is 1. The van der Waals surface area contributed by atoms with E-state index in [0.717, 1.165) is 0 Å². The standard InChI is InChI=1S/C9H10F2N2S/c10-3-4-13-8-2-1-6(9(12)14)5-7(8)11/h1-2,5,13H,3-4H2,(H2,12,14). The van der Waals surface area contributed by atoms with Crippen molar-refractivity contribution in [3.63, 3.8) is 0 Å². The zero-order valence-electron chi connectivity index (χ0n) is 7.39. The third-order valence-electron chi connectivity index (χ3n) is 1.66. The van der Waals surface area contributed by atoms with Gasteiger partial charge in [-0.1, -0.05) is 12.2 Å². The molecular formula is C9H10F2N2S. The highest BCUT2D eigenvalue weighted by Gasteiger charge is 2.04. The molecule has 76 valence electrons. The Labute approximate surface area is 86.1 Å². The summed E-state index contributed by atoms with van der Waals surface area (Å²) >= 11 is 4.68. The number of nitrogens with two attached hydrogens (primary N) is 1. The maximum absolute atomic E-state index is 13.2. The monoisotopic (exact) mass is 216 g/mol. The van der Waals surface area contributed by atoms with Gasteiger partial charge in [0.25, 0.3) is 0 Å². The number of benzene rings is 1. The molecule has 0 spiro atoms. The first-order chi connectivity index (χ1) is 6.65. The molecule has 14 heavy (non-hydrogen) atoms. The smallest absolute Gasteiger partial charge is 0.146 e. The highest BCUT2D eigenvalue weighted by Crippen LogP contribution is 2.15. The molecule has 0 amide bonds. The van der Waals surface area contributed by atoms with Gasteiger partial charge in [-0.15, -0.1) is 0 Å². The number of hydrogen-bond donors (Lipinski definition) is 2. The molecule has 0 saturated carbocycles. The van der Waals surface area contributed by atoms with Gasteiger partial charge in [0.1, 0.15) is 17.5 Å². The Kier molecular flexibility index (Phi) is 3.76. The molecular weight excluding hydrogens is 206 g/mol. The summed E-state index contributed by atoms with van der Waals surface area (Å²) in [5.74, 6) is -0.483. The summed E-state index contributed by atoms with van der Waals surface area (Å²) in [5, 5.41) is 2.59. The Balaban J connectivity index is 2.84. The number of anilines is 1. The summed E-state index contributed by atoms with van der Waals surface area (Å²) in [6.07, 6.45) is 0. The van der Waals surface area contributed by atoms with Crippen molar-refractivity contribution >= 4 is 22.9 Å². The summed E-state index contributed by atoms with van der Waals surface area (Å²) in [6.45, 7) is -0.459. The Morgan fingerprint density at radius 3 is 2.71 bits per heavy atom. The fourth-order valence-corrected chi connectivity index (χ4v) is 1.12. The van der Waals surface area contributed by atoms with Crippen molar-refractivity contribution in [3.05, 3.63) is 29.6 Å². The molecule has 1 aromatic carbocycles. The van der Waals surface area contributed by atoms with E-state index in [4.69, 9.17) is 5.73 Å². The first-order valence-electron chi connectivity index (χ1n) is 4.04. The molecule has 2 nitrogen and oxygen atoms in total. The molecule has 0 aliphatic rings. The normalized spacial score (nSPS) is 9.86. The van der Waals surface area contributed by atoms with Crippen molar-refractivity contribution in [2.45, 2.75) is 0 Å². The molecule has 0 atom stereocenters. The first-order valence-corrected chi connectivity index (χ1v) is 4.45. The van der Waals surface area contributed by atoms with Crippen LogP contribution in [0.25, 0.3) is 0 Å². The van der Waals surface area contributed by atoms with Gasteiger partial charge in [0.2, 0.25) is 0 Å². The van der Waals surface area contributed by atoms with Crippen molar-refractivity contribution in [2.24, 2.45) is 5.73 Å². The van der Waals surface area contributed by atoms with Crippen molar-refractivity contribution in [1.82, 2.24) is 0 Å². The van der Waals surface area contributed by atoms with Crippen LogP contribution in [0.3, 0.4) is 0 Å². The van der Waals surface area contributed by atoms with Crippen molar-refractivity contribution in [3.8, 4) is 0 Å². The lowest BCUT2D eigenvalue weighted by Crippen LogP contribution is -2.11. The summed E-state index contributed by atoms with van der Waals surface area (Å²) in [7, 11) is 0. The van der Waals surface area contributed by atoms with Gasteiger partial charge in [-0.3, -0.25) is 0 Å². The van der Waals surface area contributed by atoms with Crippen molar-refractivity contribution < 1.29 is 8.78 Å². The lowest BCUT2D eigenvalue weighted by atomic mass is 10.2. The molecule has 0 aliphatic heterocycles. The maximum atomic E-state index is 13.2. The molecule has 0 saturated heterocycles. The first kappa shape index (κ1) is 10.8. The van der Waals surface area contributed by atoms with Crippen molar-refractivity contribution in [2.75, 3.05) is 18.5 Å². The van der Waals surface area contributed by atoms with Crippen LogP contribution in [0.1, 0.15) is 5.56 Å². The SMILES string of the molecule is NC(=S)c1ccc(NCCF)c(F)c1. The van der Waals surface area contributed by atoms with E-state index in [9.17, 15) is 8.78 Å². The summed E-state index contributed by atoms with van der Waals surface area (Å²) in [4.78, 5) is 0.140. The average molecular weight is 216 g/mol. The van der Waals surface area contributed by atoms with E-state index in [-0.39, 0.29) is 17.2 Å². The van der Waals surface area contributed by atoms with Gasteiger partial charge in [0.15, 0.2) is 0 Å². The topological polar surface area (TPSA) is 38.0 Å². The molecule has 0 aromatic heterocycles. The Morgan fingerprint density at radius 1 is 1.50 bits per heavy atom. The minimum absolute atomic E-state index is 0.0866. The summed E-state index contributed by atoms with van der Waals surface area (Å²) in [6, 6.07) is 4.30. The minimum Gasteiger partial charge on any atom is -0.389 e. The largest absolute Gasteiger partial charge is 0.389 e. The zero-order chi connectivity index (χ0) is 10.6. The molecule has 0 heterocycles. The van der Waals surface area contributed by atoms with Crippen LogP contribution in [-0.2, 0) is 0 Å². The van der Waals surface area contributed by atoms with E-state index < -0.39 is 12.5 Å². The lowest BCUT2D eigenvalue weighted by Gasteiger charge is -2.06. The van der Waals surface area contributed by atoms with E-state index in [0.29, 0.717) is 5.56 Å². The van der Waals surface area contributed by atoms with Crippen LogP contribution < -0.4 is 11.1 Å². The van der Waals surface area contributed by atoms with Crippen LogP contribution >= 0.6 is 12.2 Å². The van der Waals surface area contributed by atoms with Gasteiger partial charge in [0, 0.05) is 12.1 Å². The van der Waals surface area contributed by atoms with Crippen LogP contribution in [0.4, 0.5) is 14.5 Å². The van der Waals surface area contributed by atoms with Gasteiger partial charge in [0.05, 0.1) is 5.69 Å². The lowest BCUT2D eigenvalue weighted by molar-refractivity contribution is 0.511. The van der Waals surface area contributed by atoms with Crippen LogP contribution in [0.5, 0.6) is 0 Å². The van der Waals surface area contributed by atoms with Gasteiger partial charge in [-0.05, 0) is 18.2 Å². The summed E-state index contributed by atoms with van der Waals surface area (Å²) < 4.78 is 25.0. The van der Waals surface area contributed by atoms with Crippen molar-refractivity contribution in [1.29, 1.82) is 0 Å². The summed E-state index contributed by atoms with van der Waals surface area (Å²) in [5.41, 5.74) is 6.03. The number of halogens is 2. The van der Waals surface area contributed by atoms with Crippen LogP contribution in [0, 0.1) is 5.82 Å². The quantitative estimate of drug-likeness (QED) is 0.754. The minimum atomic E-state index is -0.545. The van der Waals surface area contributed by atoms with Gasteiger partial charge in [-0.25, -0.2) is 8.78 Å². The Hall–Kier alpha value is -1.23. The molecule has 1 rings (SSSR count). The van der Waals surface area contributed by atoms with E-state index in [1.54, 1.807) is 6.07 Å². The number of thiocarbonyl (C=S) groups is 1. The third kappa shape index (κ3) is 2.63. The van der Waals surface area contributed by atoms with Crippen LogP contribution in [0.2, 0.25) is 0 Å². The van der Waals surface area contributed by atoms with Gasteiger partial charge in [-0.2, -0.15) is 0 Å². The molecule has 1 aromatic rings. The predicted molar refractivity (Wildman–Crippen MR) is 56.8 cm³/mol. The zero-order valence-corrected chi connectivity index (χ0v) is 8.20. The second-order valence-electron chi connectivity index (χ2n) is 2.67. The second kappa shape index (κ2) is 4.85. The third-order valence-corrected chi connectivity index (χ3v) is 1.90. The number of hydrogen-bond acceptors (Lipinski definition) is 2. The highest BCUT2D eigenvalue weighted by atomic mass is 32.1. The number of rotatable bonds is 4. The molecule has 0 unspecified atom stereocenters. The molecule has 0 bridgehead atoms.